The highest BCUT2D eigenvalue weighted by atomic mass is 79.9. The summed E-state index contributed by atoms with van der Waals surface area (Å²) in [5, 5.41) is 0. The molecule has 0 saturated carbocycles. The van der Waals surface area contributed by atoms with Gasteiger partial charge in [0.25, 0.3) is 0 Å². The van der Waals surface area contributed by atoms with Crippen molar-refractivity contribution in [3.8, 4) is 5.75 Å². The first-order valence-electron chi connectivity index (χ1n) is 8.42. The molecule has 0 atom stereocenters. The van der Waals surface area contributed by atoms with Crippen LogP contribution in [0.5, 0.6) is 5.75 Å². The average molecular weight is 423 g/mol. The molecular weight excluding hydrogens is 402 g/mol. The quantitative estimate of drug-likeness (QED) is 0.691. The number of likely N-dealkylation sites (tertiary alicyclic amines) is 1. The highest BCUT2D eigenvalue weighted by Gasteiger charge is 2.42. The average Bonchev–Trinajstić information content (AvgIpc) is 2.59. The fourth-order valence-corrected chi connectivity index (χ4v) is 4.07. The highest BCUT2D eigenvalue weighted by molar-refractivity contribution is 9.10. The van der Waals surface area contributed by atoms with Crippen LogP contribution in [-0.2, 0) is 6.54 Å². The van der Waals surface area contributed by atoms with E-state index in [-0.39, 0.29) is 23.8 Å². The smallest absolute Gasteiger partial charge is 0.170 e. The van der Waals surface area contributed by atoms with Crippen molar-refractivity contribution in [3.05, 3.63) is 64.1 Å². The second-order valence-electron chi connectivity index (χ2n) is 6.79. The Hall–Kier alpha value is -1.36. The first-order chi connectivity index (χ1) is 11.6. The minimum absolute atomic E-state index is 0. The molecule has 0 aliphatic carbocycles. The van der Waals surface area contributed by atoms with Gasteiger partial charge in [-0.15, -0.1) is 12.4 Å². The van der Waals surface area contributed by atoms with Gasteiger partial charge in [0.1, 0.15) is 11.4 Å². The number of fused-ring (bicyclic) bond motifs is 1. The van der Waals surface area contributed by atoms with Gasteiger partial charge in [0.05, 0.1) is 12.0 Å². The number of Topliss-reactive ketones (excluding diaryl/α,β-unsaturated/α-hetero) is 1. The van der Waals surface area contributed by atoms with Crippen molar-refractivity contribution >= 4 is 34.1 Å². The maximum absolute atomic E-state index is 12.6. The highest BCUT2D eigenvalue weighted by Crippen LogP contribution is 2.40. The van der Waals surface area contributed by atoms with Crippen LogP contribution in [0.2, 0.25) is 0 Å². The molecule has 0 amide bonds. The van der Waals surface area contributed by atoms with E-state index < -0.39 is 0 Å². The number of piperidine rings is 1. The Labute approximate surface area is 162 Å². The Morgan fingerprint density at radius 1 is 1.08 bits per heavy atom. The van der Waals surface area contributed by atoms with Crippen LogP contribution in [0.3, 0.4) is 0 Å². The van der Waals surface area contributed by atoms with Crippen LogP contribution in [-0.4, -0.2) is 29.4 Å². The third-order valence-electron chi connectivity index (χ3n) is 5.07. The Kier molecular flexibility index (Phi) is 5.52. The molecule has 1 spiro atoms. The van der Waals surface area contributed by atoms with E-state index in [1.807, 2.05) is 24.3 Å². The molecular formula is C20H21BrClNO2. The van der Waals surface area contributed by atoms with Gasteiger partial charge in [0.15, 0.2) is 5.78 Å². The molecule has 4 rings (SSSR count). The van der Waals surface area contributed by atoms with Crippen molar-refractivity contribution in [3.63, 3.8) is 0 Å². The summed E-state index contributed by atoms with van der Waals surface area (Å²) in [5.74, 6) is 0.944. The van der Waals surface area contributed by atoms with E-state index in [0.29, 0.717) is 12.0 Å². The lowest BCUT2D eigenvalue weighted by molar-refractivity contribution is -0.0107. The van der Waals surface area contributed by atoms with Gasteiger partial charge in [-0.05, 0) is 23.8 Å². The lowest BCUT2D eigenvalue weighted by Crippen LogP contribution is -2.50. The molecule has 2 aromatic rings. The summed E-state index contributed by atoms with van der Waals surface area (Å²) in [6, 6.07) is 16.3. The van der Waals surface area contributed by atoms with Crippen molar-refractivity contribution < 1.29 is 9.53 Å². The summed E-state index contributed by atoms with van der Waals surface area (Å²) in [5.41, 5.74) is 1.73. The fourth-order valence-electron chi connectivity index (χ4n) is 3.71. The number of hydrogen-bond donors (Lipinski definition) is 0. The third kappa shape index (κ3) is 3.91. The molecule has 2 aromatic carbocycles. The summed E-state index contributed by atoms with van der Waals surface area (Å²) >= 11 is 3.43. The van der Waals surface area contributed by atoms with Crippen molar-refractivity contribution in [2.24, 2.45) is 0 Å². The van der Waals surface area contributed by atoms with E-state index in [1.54, 1.807) is 0 Å². The molecule has 0 radical (unpaired) electrons. The Morgan fingerprint density at radius 2 is 1.80 bits per heavy atom. The Balaban J connectivity index is 0.00000182. The number of carbonyl (C=O) groups excluding carboxylic acids is 1. The number of nitrogens with zero attached hydrogens (tertiary/aromatic N) is 1. The summed E-state index contributed by atoms with van der Waals surface area (Å²) < 4.78 is 7.24. The number of carbonyl (C=O) groups is 1. The molecule has 1 saturated heterocycles. The van der Waals surface area contributed by atoms with Crippen LogP contribution in [0.4, 0.5) is 0 Å². The van der Waals surface area contributed by atoms with Gasteiger partial charge >= 0.3 is 0 Å². The van der Waals surface area contributed by atoms with Gasteiger partial charge in [0.2, 0.25) is 0 Å². The first kappa shape index (κ1) is 18.4. The van der Waals surface area contributed by atoms with Crippen LogP contribution in [0.15, 0.2) is 53.0 Å². The number of rotatable bonds is 2. The molecule has 2 aliphatic rings. The second-order valence-corrected chi connectivity index (χ2v) is 7.70. The molecule has 0 bridgehead atoms. The maximum Gasteiger partial charge on any atom is 0.170 e. The molecule has 2 heterocycles. The van der Waals surface area contributed by atoms with Crippen molar-refractivity contribution in [2.75, 3.05) is 13.1 Å². The van der Waals surface area contributed by atoms with Crippen LogP contribution in [0.1, 0.15) is 35.2 Å². The van der Waals surface area contributed by atoms with E-state index in [4.69, 9.17) is 4.74 Å². The summed E-state index contributed by atoms with van der Waals surface area (Å²) in [4.78, 5) is 15.0. The normalized spacial score (nSPS) is 19.0. The van der Waals surface area contributed by atoms with Gasteiger partial charge in [-0.3, -0.25) is 9.69 Å². The summed E-state index contributed by atoms with van der Waals surface area (Å²) in [6.07, 6.45) is 2.30. The summed E-state index contributed by atoms with van der Waals surface area (Å²) in [7, 11) is 0. The lowest BCUT2D eigenvalue weighted by Gasteiger charge is -2.44. The van der Waals surface area contributed by atoms with Gasteiger partial charge < -0.3 is 4.74 Å². The van der Waals surface area contributed by atoms with E-state index >= 15 is 0 Å². The molecule has 132 valence electrons. The van der Waals surface area contributed by atoms with E-state index in [9.17, 15) is 4.79 Å². The third-order valence-corrected chi connectivity index (χ3v) is 5.56. The van der Waals surface area contributed by atoms with Gasteiger partial charge in [-0.1, -0.05) is 46.3 Å². The Bertz CT molecular complexity index is 758. The molecule has 1 fully saturated rings. The van der Waals surface area contributed by atoms with Crippen molar-refractivity contribution in [2.45, 2.75) is 31.4 Å². The number of ketones is 1. The minimum Gasteiger partial charge on any atom is -0.486 e. The molecule has 0 unspecified atom stereocenters. The van der Waals surface area contributed by atoms with Crippen LogP contribution in [0, 0.1) is 0 Å². The second kappa shape index (κ2) is 7.48. The van der Waals surface area contributed by atoms with E-state index in [0.717, 1.165) is 42.7 Å². The first-order valence-corrected chi connectivity index (χ1v) is 9.21. The topological polar surface area (TPSA) is 29.5 Å². The van der Waals surface area contributed by atoms with Crippen LogP contribution < -0.4 is 4.74 Å². The van der Waals surface area contributed by atoms with Gasteiger partial charge in [-0.25, -0.2) is 0 Å². The van der Waals surface area contributed by atoms with E-state index in [2.05, 4.69) is 45.1 Å². The van der Waals surface area contributed by atoms with Crippen LogP contribution >= 0.6 is 28.3 Å². The predicted octanol–water partition coefficient (Wildman–Crippen LogP) is 4.87. The number of benzene rings is 2. The number of halogens is 2. The zero-order valence-corrected chi connectivity index (χ0v) is 16.3. The van der Waals surface area contributed by atoms with Crippen molar-refractivity contribution in [1.82, 2.24) is 4.90 Å². The maximum atomic E-state index is 12.6. The molecule has 3 nitrogen and oxygen atoms in total. The number of ether oxygens (including phenoxy) is 1. The fraction of sp³-hybridized carbons (Fsp3) is 0.350. The van der Waals surface area contributed by atoms with Crippen LogP contribution in [0.25, 0.3) is 0 Å². The SMILES string of the molecule is Cl.O=C1CC2(CCN(Cc3ccccc3)CC2)Oc2ccc(Br)cc21. The monoisotopic (exact) mass is 421 g/mol. The standard InChI is InChI=1S/C20H20BrNO2.ClH/c21-16-6-7-19-17(12-16)18(23)13-20(24-19)8-10-22(11-9-20)14-15-4-2-1-3-5-15;/h1-7,12H,8-11,13-14H2;1H. The number of hydrogen-bond acceptors (Lipinski definition) is 3. The van der Waals surface area contributed by atoms with Gasteiger partial charge in [-0.2, -0.15) is 0 Å². The molecule has 2 aliphatic heterocycles. The summed E-state index contributed by atoms with van der Waals surface area (Å²) in [6.45, 7) is 2.90. The predicted molar refractivity (Wildman–Crippen MR) is 105 cm³/mol. The molecule has 0 N–H and O–H groups in total. The zero-order chi connectivity index (χ0) is 16.6. The molecule has 5 heteroatoms. The zero-order valence-electron chi connectivity index (χ0n) is 13.9. The largest absolute Gasteiger partial charge is 0.486 e. The van der Waals surface area contributed by atoms with E-state index in [1.165, 1.54) is 5.56 Å². The lowest BCUT2D eigenvalue weighted by atomic mass is 9.82. The van der Waals surface area contributed by atoms with Gasteiger partial charge in [0, 0.05) is 36.9 Å². The Morgan fingerprint density at radius 3 is 2.52 bits per heavy atom. The minimum atomic E-state index is -0.314. The van der Waals surface area contributed by atoms with Crippen molar-refractivity contribution in [1.29, 1.82) is 0 Å². The molecule has 25 heavy (non-hydrogen) atoms. The molecule has 0 aromatic heterocycles.